The van der Waals surface area contributed by atoms with Gasteiger partial charge in [-0.05, 0) is 11.6 Å². The summed E-state index contributed by atoms with van der Waals surface area (Å²) in [6.45, 7) is 6.88. The van der Waals surface area contributed by atoms with Crippen LogP contribution in [0.15, 0.2) is 61.7 Å². The number of benzene rings is 1. The summed E-state index contributed by atoms with van der Waals surface area (Å²) in [5.74, 6) is -1.30. The lowest BCUT2D eigenvalue weighted by atomic mass is 10.0. The minimum absolute atomic E-state index is 0.0887. The van der Waals surface area contributed by atoms with Crippen LogP contribution in [0.25, 0.3) is 6.08 Å². The predicted molar refractivity (Wildman–Crippen MR) is 100 cm³/mol. The van der Waals surface area contributed by atoms with Crippen LogP contribution in [-0.4, -0.2) is 34.9 Å². The molecule has 2 atom stereocenters. The molecular weight excluding hydrogens is 332 g/mol. The van der Waals surface area contributed by atoms with Crippen molar-refractivity contribution in [3.63, 3.8) is 0 Å². The van der Waals surface area contributed by atoms with E-state index in [1.54, 1.807) is 12.2 Å². The van der Waals surface area contributed by atoms with Crippen molar-refractivity contribution in [2.45, 2.75) is 37.9 Å². The number of ketones is 2. The molecule has 1 N–H and O–H groups in total. The Hall–Kier alpha value is -2.79. The van der Waals surface area contributed by atoms with Crippen molar-refractivity contribution >= 4 is 23.6 Å². The molecule has 5 nitrogen and oxygen atoms in total. The molecular formula is C21H24O5. The van der Waals surface area contributed by atoms with Gasteiger partial charge < -0.3 is 9.84 Å². The van der Waals surface area contributed by atoms with Crippen LogP contribution in [0.2, 0.25) is 0 Å². The van der Waals surface area contributed by atoms with E-state index in [1.807, 2.05) is 30.3 Å². The maximum atomic E-state index is 11.9. The molecule has 138 valence electrons. The van der Waals surface area contributed by atoms with Crippen molar-refractivity contribution in [1.29, 1.82) is 0 Å². The Labute approximate surface area is 153 Å². The molecule has 1 rings (SSSR count). The zero-order chi connectivity index (χ0) is 19.4. The van der Waals surface area contributed by atoms with Crippen molar-refractivity contribution in [3.05, 3.63) is 67.3 Å². The number of hydrogen-bond acceptors (Lipinski definition) is 5. The number of ether oxygens (including phenoxy) is 1. The van der Waals surface area contributed by atoms with Crippen molar-refractivity contribution in [3.8, 4) is 0 Å². The minimum atomic E-state index is -1.00. The third kappa shape index (κ3) is 8.89. The number of esters is 1. The lowest BCUT2D eigenvalue weighted by molar-refractivity contribution is -0.144. The average molecular weight is 356 g/mol. The second kappa shape index (κ2) is 11.7. The maximum Gasteiger partial charge on any atom is 0.330 e. The first-order chi connectivity index (χ1) is 12.4. The summed E-state index contributed by atoms with van der Waals surface area (Å²) in [6, 6.07) is 9.27. The molecule has 0 aliphatic carbocycles. The molecule has 1 aromatic carbocycles. The number of Topliss-reactive ketones (excluding diaryl/α,β-unsaturated/α-hetero) is 1. The van der Waals surface area contributed by atoms with Crippen LogP contribution in [0.5, 0.6) is 0 Å². The second-order valence-electron chi connectivity index (χ2n) is 5.81. The Kier molecular flexibility index (Phi) is 9.57. The molecule has 0 spiro atoms. The maximum absolute atomic E-state index is 11.9. The van der Waals surface area contributed by atoms with Gasteiger partial charge in [-0.15, -0.1) is 6.58 Å². The number of rotatable bonds is 12. The molecule has 0 aliphatic rings. The van der Waals surface area contributed by atoms with Crippen LogP contribution in [0.3, 0.4) is 0 Å². The van der Waals surface area contributed by atoms with E-state index in [2.05, 4.69) is 13.2 Å². The number of carbonyl (C=O) groups excluding carboxylic acids is 3. The summed E-state index contributed by atoms with van der Waals surface area (Å²) < 4.78 is 5.08. The molecule has 26 heavy (non-hydrogen) atoms. The molecule has 0 bridgehead atoms. The first-order valence-corrected chi connectivity index (χ1v) is 8.34. The van der Waals surface area contributed by atoms with Crippen LogP contribution in [-0.2, 0) is 19.1 Å². The summed E-state index contributed by atoms with van der Waals surface area (Å²) in [5.41, 5.74) is 0.865. The van der Waals surface area contributed by atoms with Gasteiger partial charge >= 0.3 is 5.97 Å². The monoisotopic (exact) mass is 356 g/mol. The number of aliphatic hydroxyl groups excluding tert-OH is 1. The summed E-state index contributed by atoms with van der Waals surface area (Å²) >= 11 is 0. The Bertz CT molecular complexity index is 660. The minimum Gasteiger partial charge on any atom is -0.459 e. The van der Waals surface area contributed by atoms with E-state index < -0.39 is 18.2 Å². The molecule has 1 aromatic rings. The largest absolute Gasteiger partial charge is 0.459 e. The highest BCUT2D eigenvalue weighted by Crippen LogP contribution is 2.12. The zero-order valence-electron chi connectivity index (χ0n) is 14.7. The first kappa shape index (κ1) is 21.3. The van der Waals surface area contributed by atoms with Gasteiger partial charge in [0.25, 0.3) is 0 Å². The lowest BCUT2D eigenvalue weighted by Crippen LogP contribution is -2.25. The fourth-order valence-corrected chi connectivity index (χ4v) is 2.32. The second-order valence-corrected chi connectivity index (χ2v) is 5.81. The normalized spacial score (nSPS) is 13.0. The van der Waals surface area contributed by atoms with Gasteiger partial charge in [0, 0.05) is 25.3 Å². The van der Waals surface area contributed by atoms with E-state index in [0.717, 1.165) is 11.6 Å². The van der Waals surface area contributed by atoms with Crippen LogP contribution in [0.4, 0.5) is 0 Å². The fraction of sp³-hybridized carbons (Fsp3) is 0.286. The van der Waals surface area contributed by atoms with E-state index >= 15 is 0 Å². The van der Waals surface area contributed by atoms with Gasteiger partial charge in [0.15, 0.2) is 5.78 Å². The highest BCUT2D eigenvalue weighted by atomic mass is 16.5. The van der Waals surface area contributed by atoms with Crippen LogP contribution < -0.4 is 0 Å². The van der Waals surface area contributed by atoms with Gasteiger partial charge in [0.2, 0.25) is 0 Å². The Morgan fingerprint density at radius 1 is 1.15 bits per heavy atom. The van der Waals surface area contributed by atoms with Crippen molar-refractivity contribution in [2.75, 3.05) is 0 Å². The van der Waals surface area contributed by atoms with E-state index in [-0.39, 0.29) is 30.8 Å². The predicted octanol–water partition coefficient (Wildman–Crippen LogP) is 3.04. The Balaban J connectivity index is 2.45. The van der Waals surface area contributed by atoms with E-state index in [0.29, 0.717) is 6.42 Å². The third-order valence-corrected chi connectivity index (χ3v) is 3.51. The summed E-state index contributed by atoms with van der Waals surface area (Å²) in [4.78, 5) is 35.0. The van der Waals surface area contributed by atoms with Crippen molar-refractivity contribution in [1.82, 2.24) is 0 Å². The van der Waals surface area contributed by atoms with Crippen LogP contribution >= 0.6 is 0 Å². The molecule has 0 aromatic heterocycles. The van der Waals surface area contributed by atoms with Gasteiger partial charge in [0.1, 0.15) is 11.9 Å². The molecule has 0 heterocycles. The van der Waals surface area contributed by atoms with Gasteiger partial charge in [-0.2, -0.15) is 0 Å². The summed E-state index contributed by atoms with van der Waals surface area (Å²) in [6.07, 6.45) is 3.98. The molecule has 0 saturated carbocycles. The van der Waals surface area contributed by atoms with Crippen molar-refractivity contribution < 1.29 is 24.2 Å². The third-order valence-electron chi connectivity index (χ3n) is 3.51. The highest BCUT2D eigenvalue weighted by molar-refractivity contribution is 6.06. The number of hydrogen-bond donors (Lipinski definition) is 1. The number of allylic oxidation sites excluding steroid dienone is 1. The topological polar surface area (TPSA) is 80.7 Å². The van der Waals surface area contributed by atoms with Crippen LogP contribution in [0, 0.1) is 0 Å². The number of aliphatic hydroxyl groups is 1. The van der Waals surface area contributed by atoms with Gasteiger partial charge in [-0.3, -0.25) is 9.59 Å². The first-order valence-electron chi connectivity index (χ1n) is 8.34. The zero-order valence-corrected chi connectivity index (χ0v) is 14.7. The quantitative estimate of drug-likeness (QED) is 0.269. The summed E-state index contributed by atoms with van der Waals surface area (Å²) in [7, 11) is 0. The fourth-order valence-electron chi connectivity index (χ4n) is 2.32. The van der Waals surface area contributed by atoms with Gasteiger partial charge in [-0.1, -0.05) is 49.1 Å². The summed E-state index contributed by atoms with van der Waals surface area (Å²) in [5, 5.41) is 10.0. The molecule has 0 amide bonds. The standard InChI is InChI=1S/C21H24O5/c1-3-8-20(26-21(25)4-2)15-19(24)14-18(23)13-17(22)12-11-16-9-6-5-7-10-16/h3-7,9-12,19-20,24H,1-2,8,13-15H2/b12-11+/t19-,20+/m0/s1. The number of carbonyl (C=O) groups is 3. The van der Waals surface area contributed by atoms with Gasteiger partial charge in [0.05, 0.1) is 12.5 Å². The van der Waals surface area contributed by atoms with Gasteiger partial charge in [-0.25, -0.2) is 4.79 Å². The molecule has 0 fully saturated rings. The SMILES string of the molecule is C=CC[C@H](C[C@@H](O)CC(=O)CC(=O)/C=C/c1ccccc1)OC(=O)C=C. The molecule has 0 radical (unpaired) electrons. The van der Waals surface area contributed by atoms with E-state index in [4.69, 9.17) is 4.74 Å². The molecule has 0 saturated heterocycles. The van der Waals surface area contributed by atoms with E-state index in [1.165, 1.54) is 6.08 Å². The molecule has 0 aliphatic heterocycles. The van der Waals surface area contributed by atoms with Crippen LogP contribution in [0.1, 0.15) is 31.2 Å². The lowest BCUT2D eigenvalue weighted by Gasteiger charge is -2.18. The Morgan fingerprint density at radius 3 is 2.46 bits per heavy atom. The molecule has 0 unspecified atom stereocenters. The smallest absolute Gasteiger partial charge is 0.330 e. The van der Waals surface area contributed by atoms with Crippen molar-refractivity contribution in [2.24, 2.45) is 0 Å². The van der Waals surface area contributed by atoms with E-state index in [9.17, 15) is 19.5 Å². The average Bonchev–Trinajstić information content (AvgIpc) is 2.60. The highest BCUT2D eigenvalue weighted by Gasteiger charge is 2.20. The Morgan fingerprint density at radius 2 is 1.85 bits per heavy atom. The molecule has 5 heteroatoms.